The number of benzene rings is 2. The fourth-order valence-corrected chi connectivity index (χ4v) is 2.74. The van der Waals surface area contributed by atoms with Crippen LogP contribution in [0.5, 0.6) is 0 Å². The molecule has 1 aromatic heterocycles. The fraction of sp³-hybridized carbons (Fsp3) is 0.158. The normalized spacial score (nSPS) is 10.6. The molecule has 0 saturated carbocycles. The van der Waals surface area contributed by atoms with Gasteiger partial charge in [0, 0.05) is 29.7 Å². The minimum atomic E-state index is -0.334. The molecule has 1 heterocycles. The topological polar surface area (TPSA) is 63.1 Å². The Hall–Kier alpha value is -3.08. The van der Waals surface area contributed by atoms with E-state index in [4.69, 9.17) is 0 Å². The third-order valence-corrected chi connectivity index (χ3v) is 3.99. The maximum absolute atomic E-state index is 12.4. The van der Waals surface area contributed by atoms with Gasteiger partial charge in [0.15, 0.2) is 0 Å². The SMILES string of the molecule is CCc1ccccc1NC(=O)Nc1cn(C)c(=O)c2ccccc12. The molecule has 0 radical (unpaired) electrons. The molecule has 0 saturated heterocycles. The van der Waals surface area contributed by atoms with Crippen molar-refractivity contribution in [1.82, 2.24) is 4.57 Å². The molecule has 0 bridgehead atoms. The van der Waals surface area contributed by atoms with Gasteiger partial charge in [0.25, 0.3) is 5.56 Å². The molecular weight excluding hydrogens is 302 g/mol. The summed E-state index contributed by atoms with van der Waals surface area (Å²) in [5.41, 5.74) is 2.36. The number of carbonyl (C=O) groups is 1. The predicted molar refractivity (Wildman–Crippen MR) is 97.7 cm³/mol. The average Bonchev–Trinajstić information content (AvgIpc) is 2.60. The lowest BCUT2D eigenvalue weighted by Gasteiger charge is -2.13. The third-order valence-electron chi connectivity index (χ3n) is 3.99. The third kappa shape index (κ3) is 3.01. The van der Waals surface area contributed by atoms with E-state index in [1.54, 1.807) is 19.3 Å². The lowest BCUT2D eigenvalue weighted by atomic mass is 10.1. The minimum Gasteiger partial charge on any atom is -0.316 e. The van der Waals surface area contributed by atoms with Gasteiger partial charge < -0.3 is 15.2 Å². The Morgan fingerprint density at radius 2 is 1.58 bits per heavy atom. The van der Waals surface area contributed by atoms with Crippen LogP contribution in [0.1, 0.15) is 12.5 Å². The van der Waals surface area contributed by atoms with Crippen molar-refractivity contribution in [2.75, 3.05) is 10.6 Å². The Morgan fingerprint density at radius 1 is 0.958 bits per heavy atom. The zero-order valence-electron chi connectivity index (χ0n) is 13.7. The lowest BCUT2D eigenvalue weighted by molar-refractivity contribution is 0.262. The molecule has 3 aromatic rings. The summed E-state index contributed by atoms with van der Waals surface area (Å²) in [6.07, 6.45) is 2.47. The van der Waals surface area contributed by atoms with Crippen LogP contribution in [0.25, 0.3) is 10.8 Å². The molecule has 0 aliphatic carbocycles. The van der Waals surface area contributed by atoms with Crippen LogP contribution in [0.4, 0.5) is 16.2 Å². The molecule has 5 nitrogen and oxygen atoms in total. The second-order valence-electron chi connectivity index (χ2n) is 5.59. The van der Waals surface area contributed by atoms with E-state index in [-0.39, 0.29) is 11.6 Å². The van der Waals surface area contributed by atoms with Gasteiger partial charge >= 0.3 is 6.03 Å². The number of pyridine rings is 1. The Bertz CT molecular complexity index is 960. The van der Waals surface area contributed by atoms with E-state index < -0.39 is 0 Å². The van der Waals surface area contributed by atoms with E-state index in [9.17, 15) is 9.59 Å². The van der Waals surface area contributed by atoms with Gasteiger partial charge in [-0.05, 0) is 24.1 Å². The van der Waals surface area contributed by atoms with Crippen LogP contribution in [0.15, 0.2) is 59.5 Å². The van der Waals surface area contributed by atoms with Crippen molar-refractivity contribution in [3.63, 3.8) is 0 Å². The highest BCUT2D eigenvalue weighted by Gasteiger charge is 2.10. The molecule has 0 fully saturated rings. The smallest absolute Gasteiger partial charge is 0.316 e. The zero-order valence-corrected chi connectivity index (χ0v) is 13.7. The summed E-state index contributed by atoms with van der Waals surface area (Å²) in [5, 5.41) is 7.01. The zero-order chi connectivity index (χ0) is 17.1. The Morgan fingerprint density at radius 3 is 2.33 bits per heavy atom. The largest absolute Gasteiger partial charge is 0.323 e. The maximum Gasteiger partial charge on any atom is 0.323 e. The van der Waals surface area contributed by atoms with Crippen LogP contribution in [0, 0.1) is 0 Å². The number of para-hydroxylation sites is 1. The standard InChI is InChI=1S/C19H19N3O2/c1-3-13-8-4-7-11-16(13)20-19(24)21-17-12-22(2)18(23)15-10-6-5-9-14(15)17/h4-12H,3H2,1-2H3,(H2,20,21,24). The van der Waals surface area contributed by atoms with Gasteiger partial charge in [0.05, 0.1) is 5.69 Å². The Balaban J connectivity index is 1.91. The first kappa shape index (κ1) is 15.8. The highest BCUT2D eigenvalue weighted by Crippen LogP contribution is 2.21. The minimum absolute atomic E-state index is 0.0899. The van der Waals surface area contributed by atoms with Crippen LogP contribution >= 0.6 is 0 Å². The first-order valence-corrected chi connectivity index (χ1v) is 7.84. The van der Waals surface area contributed by atoms with Crippen LogP contribution in [-0.4, -0.2) is 10.6 Å². The van der Waals surface area contributed by atoms with Crippen LogP contribution in [0.3, 0.4) is 0 Å². The molecule has 0 spiro atoms. The second-order valence-corrected chi connectivity index (χ2v) is 5.59. The maximum atomic E-state index is 12.4. The van der Waals surface area contributed by atoms with Crippen molar-refractivity contribution < 1.29 is 4.79 Å². The number of aryl methyl sites for hydroxylation is 2. The molecule has 5 heteroatoms. The van der Waals surface area contributed by atoms with E-state index in [1.807, 2.05) is 49.4 Å². The molecule has 0 atom stereocenters. The number of aromatic nitrogens is 1. The quantitative estimate of drug-likeness (QED) is 0.772. The molecule has 122 valence electrons. The Labute approximate surface area is 139 Å². The molecule has 2 amide bonds. The molecule has 24 heavy (non-hydrogen) atoms. The number of urea groups is 1. The van der Waals surface area contributed by atoms with E-state index >= 15 is 0 Å². The second kappa shape index (κ2) is 6.58. The molecule has 2 N–H and O–H groups in total. The number of hydrogen-bond donors (Lipinski definition) is 2. The fourth-order valence-electron chi connectivity index (χ4n) is 2.74. The van der Waals surface area contributed by atoms with Crippen molar-refractivity contribution in [2.24, 2.45) is 7.05 Å². The molecule has 3 rings (SSSR count). The summed E-state index contributed by atoms with van der Waals surface area (Å²) >= 11 is 0. The summed E-state index contributed by atoms with van der Waals surface area (Å²) in [7, 11) is 1.67. The summed E-state index contributed by atoms with van der Waals surface area (Å²) in [5.74, 6) is 0. The average molecular weight is 321 g/mol. The van der Waals surface area contributed by atoms with Crippen LogP contribution < -0.4 is 16.2 Å². The van der Waals surface area contributed by atoms with Gasteiger partial charge in [-0.25, -0.2) is 4.79 Å². The van der Waals surface area contributed by atoms with Crippen LogP contribution in [0.2, 0.25) is 0 Å². The lowest BCUT2D eigenvalue weighted by Crippen LogP contribution is -2.23. The summed E-state index contributed by atoms with van der Waals surface area (Å²) < 4.78 is 1.47. The first-order chi connectivity index (χ1) is 11.6. The summed E-state index contributed by atoms with van der Waals surface area (Å²) in [6.45, 7) is 2.04. The number of carbonyl (C=O) groups excluding carboxylic acids is 1. The van der Waals surface area contributed by atoms with Crippen molar-refractivity contribution >= 4 is 28.2 Å². The van der Waals surface area contributed by atoms with E-state index in [0.29, 0.717) is 11.1 Å². The number of anilines is 2. The molecule has 2 aromatic carbocycles. The van der Waals surface area contributed by atoms with Crippen molar-refractivity contribution in [3.8, 4) is 0 Å². The number of hydrogen-bond acceptors (Lipinski definition) is 2. The number of nitrogens with zero attached hydrogens (tertiary/aromatic N) is 1. The van der Waals surface area contributed by atoms with Gasteiger partial charge in [-0.2, -0.15) is 0 Å². The van der Waals surface area contributed by atoms with Crippen LogP contribution in [-0.2, 0) is 13.5 Å². The molecular formula is C19H19N3O2. The van der Waals surface area contributed by atoms with Gasteiger partial charge in [-0.15, -0.1) is 0 Å². The summed E-state index contributed by atoms with van der Waals surface area (Å²) in [6, 6.07) is 14.6. The van der Waals surface area contributed by atoms with Gasteiger partial charge in [0.1, 0.15) is 0 Å². The molecule has 0 aliphatic rings. The number of fused-ring (bicyclic) bond motifs is 1. The Kier molecular flexibility index (Phi) is 4.33. The van der Waals surface area contributed by atoms with E-state index in [1.165, 1.54) is 4.57 Å². The van der Waals surface area contributed by atoms with Gasteiger partial charge in [0.2, 0.25) is 0 Å². The number of nitrogens with one attached hydrogen (secondary N) is 2. The highest BCUT2D eigenvalue weighted by atomic mass is 16.2. The number of rotatable bonds is 3. The van der Waals surface area contributed by atoms with Crippen molar-refractivity contribution in [2.45, 2.75) is 13.3 Å². The molecule has 0 aliphatic heterocycles. The number of amides is 2. The predicted octanol–water partition coefficient (Wildman–Crippen LogP) is 3.74. The van der Waals surface area contributed by atoms with Gasteiger partial charge in [-0.3, -0.25) is 4.79 Å². The highest BCUT2D eigenvalue weighted by molar-refractivity contribution is 6.06. The van der Waals surface area contributed by atoms with Crippen molar-refractivity contribution in [3.05, 3.63) is 70.6 Å². The summed E-state index contributed by atoms with van der Waals surface area (Å²) in [4.78, 5) is 24.6. The van der Waals surface area contributed by atoms with Crippen molar-refractivity contribution in [1.29, 1.82) is 0 Å². The monoisotopic (exact) mass is 321 g/mol. The first-order valence-electron chi connectivity index (χ1n) is 7.84. The molecule has 0 unspecified atom stereocenters. The van der Waals surface area contributed by atoms with E-state index in [0.717, 1.165) is 23.1 Å². The van der Waals surface area contributed by atoms with E-state index in [2.05, 4.69) is 10.6 Å². The van der Waals surface area contributed by atoms with Gasteiger partial charge in [-0.1, -0.05) is 43.3 Å².